The average Bonchev–Trinajstić information content (AvgIpc) is 2.11. The van der Waals surface area contributed by atoms with Crippen LogP contribution in [0.2, 0.25) is 0 Å². The summed E-state index contributed by atoms with van der Waals surface area (Å²) in [4.78, 5) is 10.9. The molecule has 1 fully saturated rings. The largest absolute Gasteiger partial charge is 0.369 e. The Kier molecular flexibility index (Phi) is 3.72. The molecular formula is C11H21BrN2O2. The minimum atomic E-state index is -0.339. The van der Waals surface area contributed by atoms with Crippen molar-refractivity contribution in [1.29, 1.82) is 0 Å². The van der Waals surface area contributed by atoms with E-state index in [2.05, 4.69) is 15.9 Å². The Balaban J connectivity index is 2.91. The maximum absolute atomic E-state index is 11.2. The Bertz CT molecular complexity index is 274. The average molecular weight is 293 g/mol. The molecule has 1 heterocycles. The van der Waals surface area contributed by atoms with Crippen molar-refractivity contribution in [2.45, 2.75) is 56.4 Å². The molecule has 0 aromatic heterocycles. The lowest BCUT2D eigenvalue weighted by Gasteiger charge is -2.52. The third-order valence-corrected chi connectivity index (χ3v) is 4.55. The summed E-state index contributed by atoms with van der Waals surface area (Å²) < 4.78 is 0. The van der Waals surface area contributed by atoms with Crippen molar-refractivity contribution in [1.82, 2.24) is 5.06 Å². The number of alkyl halides is 1. The predicted octanol–water partition coefficient (Wildman–Crippen LogP) is 1.89. The van der Waals surface area contributed by atoms with Crippen LogP contribution < -0.4 is 5.73 Å². The Labute approximate surface area is 105 Å². The van der Waals surface area contributed by atoms with Crippen LogP contribution in [0.15, 0.2) is 0 Å². The van der Waals surface area contributed by atoms with E-state index in [0.717, 1.165) is 12.8 Å². The Morgan fingerprint density at radius 1 is 1.38 bits per heavy atom. The summed E-state index contributed by atoms with van der Waals surface area (Å²) in [6, 6.07) is 0. The second kappa shape index (κ2) is 4.27. The molecule has 5 heteroatoms. The molecule has 0 aromatic carbocycles. The van der Waals surface area contributed by atoms with E-state index in [1.807, 2.05) is 27.7 Å². The zero-order chi connectivity index (χ0) is 12.7. The van der Waals surface area contributed by atoms with Gasteiger partial charge in [0.2, 0.25) is 5.91 Å². The first-order chi connectivity index (χ1) is 7.08. The summed E-state index contributed by atoms with van der Waals surface area (Å²) in [7, 11) is 0. The fourth-order valence-electron chi connectivity index (χ4n) is 2.79. The number of piperidine rings is 1. The number of carbonyl (C=O) groups is 1. The molecule has 1 saturated heterocycles. The van der Waals surface area contributed by atoms with Gasteiger partial charge in [-0.3, -0.25) is 4.79 Å². The highest BCUT2D eigenvalue weighted by Crippen LogP contribution is 2.42. The van der Waals surface area contributed by atoms with Gasteiger partial charge in [0, 0.05) is 11.1 Å². The molecule has 1 amide bonds. The van der Waals surface area contributed by atoms with Gasteiger partial charge in [-0.05, 0) is 46.5 Å². The van der Waals surface area contributed by atoms with Crippen molar-refractivity contribution in [2.24, 2.45) is 11.7 Å². The molecule has 0 saturated carbocycles. The number of nitrogens with zero attached hydrogens (tertiary/aromatic N) is 1. The van der Waals surface area contributed by atoms with Crippen molar-refractivity contribution in [2.75, 3.05) is 0 Å². The summed E-state index contributed by atoms with van der Waals surface area (Å²) in [6.07, 6.45) is 1.48. The fraction of sp³-hybridized carbons (Fsp3) is 0.909. The first-order valence-corrected chi connectivity index (χ1v) is 6.42. The number of amides is 1. The predicted molar refractivity (Wildman–Crippen MR) is 66.4 cm³/mol. The van der Waals surface area contributed by atoms with Crippen LogP contribution in [0.4, 0.5) is 0 Å². The highest BCUT2D eigenvalue weighted by molar-refractivity contribution is 9.10. The number of hydroxylamine groups is 2. The molecule has 0 spiro atoms. The summed E-state index contributed by atoms with van der Waals surface area (Å²) in [5.74, 6) is -0.172. The van der Waals surface area contributed by atoms with Crippen molar-refractivity contribution in [3.05, 3.63) is 0 Å². The lowest BCUT2D eigenvalue weighted by atomic mass is 9.74. The number of halogens is 1. The van der Waals surface area contributed by atoms with Gasteiger partial charge < -0.3 is 10.9 Å². The van der Waals surface area contributed by atoms with E-state index < -0.39 is 0 Å². The van der Waals surface area contributed by atoms with Gasteiger partial charge in [0.15, 0.2) is 0 Å². The second-order valence-corrected chi connectivity index (χ2v) is 6.90. The molecule has 0 radical (unpaired) electrons. The van der Waals surface area contributed by atoms with Crippen molar-refractivity contribution in [3.63, 3.8) is 0 Å². The van der Waals surface area contributed by atoms with Crippen LogP contribution >= 0.6 is 15.9 Å². The molecular weight excluding hydrogens is 272 g/mol. The van der Waals surface area contributed by atoms with Crippen LogP contribution in [0.5, 0.6) is 0 Å². The van der Waals surface area contributed by atoms with Crippen LogP contribution in [0, 0.1) is 5.92 Å². The lowest BCUT2D eigenvalue weighted by molar-refractivity contribution is -0.250. The van der Waals surface area contributed by atoms with Gasteiger partial charge >= 0.3 is 0 Å². The van der Waals surface area contributed by atoms with Crippen molar-refractivity contribution < 1.29 is 10.0 Å². The quantitative estimate of drug-likeness (QED) is 0.764. The van der Waals surface area contributed by atoms with E-state index >= 15 is 0 Å². The van der Waals surface area contributed by atoms with Crippen molar-refractivity contribution >= 4 is 21.8 Å². The zero-order valence-corrected chi connectivity index (χ0v) is 11.9. The summed E-state index contributed by atoms with van der Waals surface area (Å²) in [5.41, 5.74) is 4.64. The van der Waals surface area contributed by atoms with E-state index in [1.54, 1.807) is 0 Å². The molecule has 0 aliphatic carbocycles. The van der Waals surface area contributed by atoms with E-state index in [1.165, 1.54) is 5.06 Å². The second-order valence-electron chi connectivity index (χ2n) is 5.91. The minimum absolute atomic E-state index is 0.158. The monoisotopic (exact) mass is 292 g/mol. The normalized spacial score (nSPS) is 27.6. The molecule has 16 heavy (non-hydrogen) atoms. The molecule has 3 N–H and O–H groups in total. The molecule has 1 rings (SSSR count). The van der Waals surface area contributed by atoms with Crippen LogP contribution in [0.3, 0.4) is 0 Å². The molecule has 1 aliphatic rings. The smallest absolute Gasteiger partial charge is 0.231 e. The number of hydrogen-bond acceptors (Lipinski definition) is 3. The number of carbonyl (C=O) groups excluding carboxylic acids is 1. The first-order valence-electron chi connectivity index (χ1n) is 5.50. The van der Waals surface area contributed by atoms with E-state index in [-0.39, 0.29) is 27.7 Å². The third kappa shape index (κ3) is 2.57. The highest BCUT2D eigenvalue weighted by atomic mass is 79.9. The standard InChI is InChI=1S/C11H21BrN2O2/c1-10(2)5-7(8(12)9(13)15)6-11(3,4)14(10)16/h7-8,16H,5-6H2,1-4H3,(H2,13,15). The van der Waals surface area contributed by atoms with Gasteiger partial charge in [-0.15, -0.1) is 0 Å². The Morgan fingerprint density at radius 2 is 1.75 bits per heavy atom. The lowest BCUT2D eigenvalue weighted by Crippen LogP contribution is -2.60. The van der Waals surface area contributed by atoms with Crippen LogP contribution in [0.25, 0.3) is 0 Å². The fourth-order valence-corrected chi connectivity index (χ4v) is 3.16. The van der Waals surface area contributed by atoms with E-state index in [9.17, 15) is 10.0 Å². The summed E-state index contributed by atoms with van der Waals surface area (Å²) in [5, 5.41) is 11.5. The first kappa shape index (κ1) is 13.9. The molecule has 4 nitrogen and oxygen atoms in total. The molecule has 0 bridgehead atoms. The van der Waals surface area contributed by atoms with E-state index in [4.69, 9.17) is 5.73 Å². The minimum Gasteiger partial charge on any atom is -0.369 e. The number of primary amides is 1. The van der Waals surface area contributed by atoms with Gasteiger partial charge in [0.25, 0.3) is 0 Å². The maximum Gasteiger partial charge on any atom is 0.231 e. The van der Waals surface area contributed by atoms with Gasteiger partial charge in [-0.2, -0.15) is 5.06 Å². The SMILES string of the molecule is CC1(C)CC(C(Br)C(N)=O)CC(C)(C)N1O. The summed E-state index contributed by atoms with van der Waals surface area (Å²) >= 11 is 3.35. The maximum atomic E-state index is 11.2. The van der Waals surface area contributed by atoms with Crippen LogP contribution in [-0.4, -0.2) is 32.1 Å². The van der Waals surface area contributed by atoms with Gasteiger partial charge in [-0.25, -0.2) is 0 Å². The van der Waals surface area contributed by atoms with Gasteiger partial charge in [0.1, 0.15) is 0 Å². The van der Waals surface area contributed by atoms with E-state index in [0.29, 0.717) is 0 Å². The molecule has 1 aliphatic heterocycles. The number of nitrogens with two attached hydrogens (primary N) is 1. The summed E-state index contributed by atoms with van der Waals surface area (Å²) in [6.45, 7) is 7.90. The highest BCUT2D eigenvalue weighted by Gasteiger charge is 2.47. The molecule has 0 aromatic rings. The van der Waals surface area contributed by atoms with Crippen molar-refractivity contribution in [3.8, 4) is 0 Å². The molecule has 1 unspecified atom stereocenters. The Hall–Kier alpha value is -0.130. The van der Waals surface area contributed by atoms with Crippen LogP contribution in [0.1, 0.15) is 40.5 Å². The van der Waals surface area contributed by atoms with Gasteiger partial charge in [0.05, 0.1) is 4.83 Å². The number of hydrogen-bond donors (Lipinski definition) is 2. The van der Waals surface area contributed by atoms with Gasteiger partial charge in [-0.1, -0.05) is 15.9 Å². The number of rotatable bonds is 2. The molecule has 94 valence electrons. The molecule has 1 atom stereocenters. The zero-order valence-electron chi connectivity index (χ0n) is 10.3. The topological polar surface area (TPSA) is 66.6 Å². The Morgan fingerprint density at radius 3 is 2.06 bits per heavy atom. The third-order valence-electron chi connectivity index (χ3n) is 3.36. The van der Waals surface area contributed by atoms with Crippen LogP contribution in [-0.2, 0) is 4.79 Å².